The molecule has 2 nitrogen and oxygen atoms in total. The van der Waals surface area contributed by atoms with Crippen LogP contribution < -0.4 is 0 Å². The predicted molar refractivity (Wildman–Crippen MR) is 157 cm³/mol. The normalized spacial score (nSPS) is 66.8. The fourth-order valence-electron chi connectivity index (χ4n) is 18.5. The van der Waals surface area contributed by atoms with Crippen molar-refractivity contribution in [2.45, 2.75) is 96.0 Å². The van der Waals surface area contributed by atoms with E-state index in [1.54, 1.807) is 12.8 Å². The maximum atomic E-state index is 14.6. The second-order valence-electron chi connectivity index (χ2n) is 19.2. The van der Waals surface area contributed by atoms with Crippen LogP contribution in [-0.2, 0) is 9.53 Å². The van der Waals surface area contributed by atoms with Crippen LogP contribution in [0.5, 0.6) is 0 Å². The Kier molecular flexibility index (Phi) is 4.33. The minimum absolute atomic E-state index is 0.189. The summed E-state index contributed by atoms with van der Waals surface area (Å²) in [4.78, 5) is 14.6. The second kappa shape index (κ2) is 7.53. The molecule has 0 heterocycles. The summed E-state index contributed by atoms with van der Waals surface area (Å²) >= 11 is 0. The summed E-state index contributed by atoms with van der Waals surface area (Å²) in [6.45, 7) is 2.57. The number of carbonyl (C=O) groups excluding carboxylic acids is 1. The Labute approximate surface area is 247 Å². The summed E-state index contributed by atoms with van der Waals surface area (Å²) in [5.74, 6) is 18.5. The smallest absolute Gasteiger partial charge is 0.309 e. The fraction of sp³-hybridized carbons (Fsp3) is 0.923. The lowest BCUT2D eigenvalue weighted by molar-refractivity contribution is -0.193. The van der Waals surface area contributed by atoms with Gasteiger partial charge in [0, 0.05) is 11.8 Å². The van der Waals surface area contributed by atoms with Crippen molar-refractivity contribution >= 4 is 5.97 Å². The molecule has 2 heteroatoms. The van der Waals surface area contributed by atoms with Gasteiger partial charge in [0.05, 0.1) is 5.92 Å². The van der Waals surface area contributed by atoms with Crippen LogP contribution in [0.3, 0.4) is 0 Å². The van der Waals surface area contributed by atoms with Gasteiger partial charge in [-0.25, -0.2) is 0 Å². The Morgan fingerprint density at radius 1 is 0.537 bits per heavy atom. The van der Waals surface area contributed by atoms with E-state index in [9.17, 15) is 4.79 Å². The van der Waals surface area contributed by atoms with Crippen LogP contribution in [0, 0.1) is 124 Å². The Bertz CT molecular complexity index is 1180. The average Bonchev–Trinajstić information content (AvgIpc) is 3.86. The third-order valence-corrected chi connectivity index (χ3v) is 18.8. The van der Waals surface area contributed by atoms with Crippen molar-refractivity contribution in [2.75, 3.05) is 0 Å². The molecular formula is C39H52O2. The van der Waals surface area contributed by atoms with Crippen molar-refractivity contribution in [1.29, 1.82) is 0 Å². The molecule has 41 heavy (non-hydrogen) atoms. The highest BCUT2D eigenvalue weighted by Gasteiger charge is 2.71. The molecule has 0 spiro atoms. The fourth-order valence-corrected chi connectivity index (χ4v) is 18.5. The molecule has 21 unspecified atom stereocenters. The van der Waals surface area contributed by atoms with Crippen molar-refractivity contribution in [3.05, 3.63) is 12.2 Å². The van der Waals surface area contributed by atoms with Crippen LogP contribution in [0.4, 0.5) is 0 Å². The first-order valence-corrected chi connectivity index (χ1v) is 19.0. The van der Waals surface area contributed by atoms with Gasteiger partial charge in [-0.2, -0.15) is 0 Å². The van der Waals surface area contributed by atoms with E-state index in [1.807, 2.05) is 0 Å². The molecule has 0 aliphatic heterocycles. The predicted octanol–water partition coefficient (Wildman–Crippen LogP) is 8.02. The topological polar surface area (TPSA) is 26.3 Å². The Balaban J connectivity index is 0.889. The highest BCUT2D eigenvalue weighted by atomic mass is 16.6. The standard InChI is InChI=1S/C39H52O2/c1-39(30-15-24-13-28(30)36-21-6-3-18(9-21)33(24)36,31-16-25-14-29(31)37-22-7-4-19(10-22)34(25)37)41-38(40)27-12-23-11-26(27)35-20-5-2-17(8-20)32(23)35/h2,5,17-37H,3-4,6-16H2,1H3. The van der Waals surface area contributed by atoms with Crippen LogP contribution in [0.15, 0.2) is 12.2 Å². The molecule has 0 aromatic heterocycles. The zero-order chi connectivity index (χ0) is 26.5. The summed E-state index contributed by atoms with van der Waals surface area (Å²) in [6.07, 6.45) is 24.0. The number of hydrogen-bond acceptors (Lipinski definition) is 2. The number of esters is 1. The molecule has 21 atom stereocenters. The maximum Gasteiger partial charge on any atom is 0.309 e. The Morgan fingerprint density at radius 3 is 1.66 bits per heavy atom. The first kappa shape index (κ1) is 23.6. The second-order valence-corrected chi connectivity index (χ2v) is 19.2. The number of carbonyl (C=O) groups is 1. The minimum Gasteiger partial charge on any atom is -0.459 e. The SMILES string of the molecule is CC(OC(=O)C1CC2CC1C1C3C=CC(C3)C21)(C1CC2CC1C1C3CCC(C3)C21)C1CC2CC1C1C3CCC(C3)C21. The molecule has 12 bridgehead atoms. The van der Waals surface area contributed by atoms with Gasteiger partial charge in [-0.1, -0.05) is 12.2 Å². The molecule has 11 saturated carbocycles. The Morgan fingerprint density at radius 2 is 1.05 bits per heavy atom. The van der Waals surface area contributed by atoms with Crippen molar-refractivity contribution in [3.8, 4) is 0 Å². The van der Waals surface area contributed by atoms with Gasteiger partial charge in [-0.3, -0.25) is 4.79 Å². The average molecular weight is 553 g/mol. The van der Waals surface area contributed by atoms with Crippen LogP contribution in [0.25, 0.3) is 0 Å². The zero-order valence-electron chi connectivity index (χ0n) is 25.3. The van der Waals surface area contributed by atoms with E-state index in [4.69, 9.17) is 4.74 Å². The molecule has 12 rings (SSSR count). The molecule has 220 valence electrons. The van der Waals surface area contributed by atoms with Gasteiger partial charge < -0.3 is 4.74 Å². The largest absolute Gasteiger partial charge is 0.459 e. The van der Waals surface area contributed by atoms with Gasteiger partial charge in [0.25, 0.3) is 0 Å². The van der Waals surface area contributed by atoms with E-state index in [0.717, 1.165) is 107 Å². The van der Waals surface area contributed by atoms with Gasteiger partial charge in [0.1, 0.15) is 5.60 Å². The monoisotopic (exact) mass is 552 g/mol. The molecule has 0 aromatic carbocycles. The van der Waals surface area contributed by atoms with E-state index >= 15 is 0 Å². The molecule has 11 fully saturated rings. The van der Waals surface area contributed by atoms with E-state index in [2.05, 4.69) is 19.1 Å². The lowest BCUT2D eigenvalue weighted by Crippen LogP contribution is -2.55. The maximum absolute atomic E-state index is 14.6. The Hall–Kier alpha value is -0.790. The van der Waals surface area contributed by atoms with E-state index in [0.29, 0.717) is 23.7 Å². The van der Waals surface area contributed by atoms with Crippen LogP contribution in [0.2, 0.25) is 0 Å². The van der Waals surface area contributed by atoms with Crippen molar-refractivity contribution in [1.82, 2.24) is 0 Å². The highest BCUT2D eigenvalue weighted by Crippen LogP contribution is 2.75. The van der Waals surface area contributed by atoms with Crippen LogP contribution >= 0.6 is 0 Å². The first-order chi connectivity index (χ1) is 20.0. The molecule has 0 radical (unpaired) electrons. The van der Waals surface area contributed by atoms with Crippen molar-refractivity contribution < 1.29 is 9.53 Å². The summed E-state index contributed by atoms with van der Waals surface area (Å²) < 4.78 is 7.38. The third kappa shape index (κ3) is 2.65. The van der Waals surface area contributed by atoms with Gasteiger partial charge in [0.15, 0.2) is 0 Å². The number of rotatable bonds is 4. The molecule has 0 amide bonds. The number of fused-ring (bicyclic) bond motifs is 27. The zero-order valence-corrected chi connectivity index (χ0v) is 25.3. The van der Waals surface area contributed by atoms with Crippen LogP contribution in [0.1, 0.15) is 90.4 Å². The van der Waals surface area contributed by atoms with E-state index < -0.39 is 0 Å². The summed E-state index contributed by atoms with van der Waals surface area (Å²) in [5, 5.41) is 0. The quantitative estimate of drug-likeness (QED) is 0.201. The summed E-state index contributed by atoms with van der Waals surface area (Å²) in [6, 6.07) is 0. The van der Waals surface area contributed by atoms with Crippen LogP contribution in [-0.4, -0.2) is 11.6 Å². The molecule has 0 aromatic rings. The molecule has 0 saturated heterocycles. The molecule has 0 N–H and O–H groups in total. The molecular weight excluding hydrogens is 500 g/mol. The summed E-state index contributed by atoms with van der Waals surface area (Å²) in [7, 11) is 0. The van der Waals surface area contributed by atoms with Crippen molar-refractivity contribution in [3.63, 3.8) is 0 Å². The van der Waals surface area contributed by atoms with Gasteiger partial charge in [0.2, 0.25) is 0 Å². The number of ether oxygens (including phenoxy) is 1. The lowest BCUT2D eigenvalue weighted by Gasteiger charge is -2.52. The molecule has 12 aliphatic carbocycles. The van der Waals surface area contributed by atoms with E-state index in [1.165, 1.54) is 64.2 Å². The van der Waals surface area contributed by atoms with Gasteiger partial charge in [-0.05, 0) is 197 Å². The number of allylic oxidation sites excluding steroid dienone is 2. The van der Waals surface area contributed by atoms with E-state index in [-0.39, 0.29) is 11.5 Å². The lowest BCUT2D eigenvalue weighted by atomic mass is 9.57. The van der Waals surface area contributed by atoms with Gasteiger partial charge in [-0.15, -0.1) is 0 Å². The van der Waals surface area contributed by atoms with Crippen molar-refractivity contribution in [2.24, 2.45) is 124 Å². The minimum atomic E-state index is -0.189. The van der Waals surface area contributed by atoms with Gasteiger partial charge >= 0.3 is 5.97 Å². The molecule has 12 aliphatic rings. The summed E-state index contributed by atoms with van der Waals surface area (Å²) in [5.41, 5.74) is -0.189. The first-order valence-electron chi connectivity index (χ1n) is 19.0. The third-order valence-electron chi connectivity index (χ3n) is 18.8. The number of hydrogen-bond donors (Lipinski definition) is 0. The highest BCUT2D eigenvalue weighted by molar-refractivity contribution is 5.74.